The molecule has 5 nitrogen and oxygen atoms in total. The molecule has 0 bridgehead atoms. The predicted molar refractivity (Wildman–Crippen MR) is 98.8 cm³/mol. The minimum atomic E-state index is -3.77. The zero-order valence-electron chi connectivity index (χ0n) is 14.9. The number of anilines is 1. The van der Waals surface area contributed by atoms with E-state index in [0.29, 0.717) is 0 Å². The normalized spacial score (nSPS) is 13.0. The number of hydrogen-bond acceptors (Lipinski definition) is 4. The number of nitrogens with one attached hydrogen (secondary N) is 1. The number of nitrogens with zero attached hydrogens (tertiary/aromatic N) is 2. The maximum absolute atomic E-state index is 13.3. The summed E-state index contributed by atoms with van der Waals surface area (Å²) in [5, 5.41) is 0. The second kappa shape index (κ2) is 7.95. The maximum Gasteiger partial charge on any atom is 0.240 e. The minimum Gasteiger partial charge on any atom is -0.378 e. The lowest BCUT2D eigenvalue weighted by molar-refractivity contribution is 0.299. The number of sulfonamides is 1. The summed E-state index contributed by atoms with van der Waals surface area (Å²) in [6, 6.07) is 12.8. The molecule has 0 radical (unpaired) electrons. The highest BCUT2D eigenvalue weighted by Crippen LogP contribution is 2.21. The van der Waals surface area contributed by atoms with Crippen molar-refractivity contribution in [2.24, 2.45) is 0 Å². The molecule has 25 heavy (non-hydrogen) atoms. The quantitative estimate of drug-likeness (QED) is 0.819. The first-order chi connectivity index (χ1) is 11.7. The van der Waals surface area contributed by atoms with Gasteiger partial charge in [0.25, 0.3) is 0 Å². The van der Waals surface area contributed by atoms with Crippen LogP contribution in [0.5, 0.6) is 0 Å². The molecule has 0 amide bonds. The van der Waals surface area contributed by atoms with E-state index in [0.717, 1.165) is 17.3 Å². The lowest BCUT2D eigenvalue weighted by Gasteiger charge is -2.25. The molecule has 2 aromatic carbocycles. The largest absolute Gasteiger partial charge is 0.378 e. The van der Waals surface area contributed by atoms with Crippen molar-refractivity contribution in [2.75, 3.05) is 39.6 Å². The van der Waals surface area contributed by atoms with Gasteiger partial charge < -0.3 is 9.80 Å². The van der Waals surface area contributed by atoms with E-state index in [1.165, 1.54) is 18.2 Å². The molecule has 0 aliphatic carbocycles. The van der Waals surface area contributed by atoms with Gasteiger partial charge in [0, 0.05) is 32.4 Å². The SMILES string of the molecule is CN(C)c1ccc(C(CNS(=O)(=O)c2cccc(F)c2)N(C)C)cc1. The van der Waals surface area contributed by atoms with Crippen LogP contribution in [0, 0.1) is 5.82 Å². The number of benzene rings is 2. The summed E-state index contributed by atoms with van der Waals surface area (Å²) in [6.45, 7) is 0.188. The lowest BCUT2D eigenvalue weighted by Crippen LogP contribution is -2.34. The first-order valence-corrected chi connectivity index (χ1v) is 9.38. The van der Waals surface area contributed by atoms with Gasteiger partial charge >= 0.3 is 0 Å². The van der Waals surface area contributed by atoms with Crippen molar-refractivity contribution in [3.8, 4) is 0 Å². The molecule has 0 aliphatic heterocycles. The highest BCUT2D eigenvalue weighted by Gasteiger charge is 2.20. The van der Waals surface area contributed by atoms with E-state index in [2.05, 4.69) is 4.72 Å². The molecule has 0 saturated carbocycles. The Balaban J connectivity index is 2.17. The van der Waals surface area contributed by atoms with Crippen LogP contribution in [0.1, 0.15) is 11.6 Å². The Morgan fingerprint density at radius 2 is 1.68 bits per heavy atom. The number of likely N-dealkylation sites (N-methyl/N-ethyl adjacent to an activating group) is 1. The average Bonchev–Trinajstić information content (AvgIpc) is 2.55. The maximum atomic E-state index is 13.3. The molecule has 2 rings (SSSR count). The van der Waals surface area contributed by atoms with Gasteiger partial charge in [-0.15, -0.1) is 0 Å². The third kappa shape index (κ3) is 5.01. The molecular formula is C18H24FN3O2S. The Hall–Kier alpha value is -1.96. The number of hydrogen-bond donors (Lipinski definition) is 1. The predicted octanol–water partition coefficient (Wildman–Crippen LogP) is 2.47. The fraction of sp³-hybridized carbons (Fsp3) is 0.333. The summed E-state index contributed by atoms with van der Waals surface area (Å²) in [5.41, 5.74) is 2.07. The van der Waals surface area contributed by atoms with Crippen molar-refractivity contribution < 1.29 is 12.8 Å². The standard InChI is InChI=1S/C18H24FN3O2S/c1-21(2)16-10-8-14(9-11-16)18(22(3)4)13-20-25(23,24)17-7-5-6-15(19)12-17/h5-12,18,20H,13H2,1-4H3. The van der Waals surface area contributed by atoms with Crippen molar-refractivity contribution in [2.45, 2.75) is 10.9 Å². The molecule has 0 aromatic heterocycles. The monoisotopic (exact) mass is 365 g/mol. The second-order valence-electron chi connectivity index (χ2n) is 6.27. The summed E-state index contributed by atoms with van der Waals surface area (Å²) in [5.74, 6) is -0.577. The van der Waals surface area contributed by atoms with Gasteiger partial charge in [-0.3, -0.25) is 0 Å². The van der Waals surface area contributed by atoms with Gasteiger partial charge in [0.1, 0.15) is 5.82 Å². The zero-order chi connectivity index (χ0) is 18.6. The molecule has 7 heteroatoms. The van der Waals surface area contributed by atoms with E-state index in [1.54, 1.807) is 0 Å². The van der Waals surface area contributed by atoms with E-state index in [4.69, 9.17) is 0 Å². The Morgan fingerprint density at radius 1 is 1.04 bits per heavy atom. The summed E-state index contributed by atoms with van der Waals surface area (Å²) in [6.07, 6.45) is 0. The first kappa shape index (κ1) is 19.4. The van der Waals surface area contributed by atoms with Crippen molar-refractivity contribution in [3.05, 3.63) is 59.9 Å². The highest BCUT2D eigenvalue weighted by molar-refractivity contribution is 7.89. The Labute approximate surface area is 149 Å². The number of rotatable bonds is 7. The van der Waals surface area contributed by atoms with Gasteiger partial charge in [-0.05, 0) is 50.0 Å². The van der Waals surface area contributed by atoms with Gasteiger partial charge in [0.05, 0.1) is 4.90 Å². The number of halogens is 1. The van der Waals surface area contributed by atoms with Crippen LogP contribution < -0.4 is 9.62 Å². The Morgan fingerprint density at radius 3 is 2.20 bits per heavy atom. The molecule has 1 atom stereocenters. The molecule has 0 saturated heterocycles. The average molecular weight is 365 g/mol. The van der Waals surface area contributed by atoms with Crippen LogP contribution in [0.2, 0.25) is 0 Å². The Kier molecular flexibility index (Phi) is 6.16. The van der Waals surface area contributed by atoms with E-state index in [-0.39, 0.29) is 17.5 Å². The van der Waals surface area contributed by atoms with Gasteiger partial charge in [-0.1, -0.05) is 18.2 Å². The second-order valence-corrected chi connectivity index (χ2v) is 8.04. The fourth-order valence-electron chi connectivity index (χ4n) is 2.50. The van der Waals surface area contributed by atoms with Crippen LogP contribution in [-0.4, -0.2) is 48.1 Å². The van der Waals surface area contributed by atoms with Crippen molar-refractivity contribution in [1.29, 1.82) is 0 Å². The third-order valence-corrected chi connectivity index (χ3v) is 5.41. The molecule has 1 N–H and O–H groups in total. The highest BCUT2D eigenvalue weighted by atomic mass is 32.2. The molecule has 1 unspecified atom stereocenters. The molecule has 136 valence electrons. The molecule has 0 aliphatic rings. The smallest absolute Gasteiger partial charge is 0.240 e. The van der Waals surface area contributed by atoms with E-state index in [1.807, 2.05) is 62.3 Å². The van der Waals surface area contributed by atoms with Gasteiger partial charge in [-0.25, -0.2) is 17.5 Å². The summed E-state index contributed by atoms with van der Waals surface area (Å²) in [7, 11) is 3.94. The molecular weight excluding hydrogens is 341 g/mol. The van der Waals surface area contributed by atoms with Crippen LogP contribution in [0.25, 0.3) is 0 Å². The van der Waals surface area contributed by atoms with Gasteiger partial charge in [0.15, 0.2) is 0 Å². The van der Waals surface area contributed by atoms with Crippen LogP contribution in [0.4, 0.5) is 10.1 Å². The zero-order valence-corrected chi connectivity index (χ0v) is 15.7. The fourth-order valence-corrected chi connectivity index (χ4v) is 3.57. The van der Waals surface area contributed by atoms with Crippen molar-refractivity contribution in [3.63, 3.8) is 0 Å². The first-order valence-electron chi connectivity index (χ1n) is 7.89. The molecule has 2 aromatic rings. The molecule has 0 heterocycles. The van der Waals surface area contributed by atoms with E-state index in [9.17, 15) is 12.8 Å². The summed E-state index contributed by atoms with van der Waals surface area (Å²) >= 11 is 0. The van der Waals surface area contributed by atoms with Gasteiger partial charge in [-0.2, -0.15) is 0 Å². The lowest BCUT2D eigenvalue weighted by atomic mass is 10.1. The third-order valence-electron chi connectivity index (χ3n) is 3.99. The summed E-state index contributed by atoms with van der Waals surface area (Å²) in [4.78, 5) is 3.87. The Bertz CT molecular complexity index is 805. The van der Waals surface area contributed by atoms with E-state index < -0.39 is 15.8 Å². The topological polar surface area (TPSA) is 52.7 Å². The molecule has 0 fully saturated rings. The van der Waals surface area contributed by atoms with Crippen LogP contribution in [-0.2, 0) is 10.0 Å². The van der Waals surface area contributed by atoms with Gasteiger partial charge in [0.2, 0.25) is 10.0 Å². The van der Waals surface area contributed by atoms with E-state index >= 15 is 0 Å². The van der Waals surface area contributed by atoms with Crippen molar-refractivity contribution in [1.82, 2.24) is 9.62 Å². The van der Waals surface area contributed by atoms with Crippen LogP contribution in [0.15, 0.2) is 53.4 Å². The minimum absolute atomic E-state index is 0.0760. The summed E-state index contributed by atoms with van der Waals surface area (Å²) < 4.78 is 40.6. The van der Waals surface area contributed by atoms with Crippen LogP contribution in [0.3, 0.4) is 0 Å². The molecule has 0 spiro atoms. The van der Waals surface area contributed by atoms with Crippen LogP contribution >= 0.6 is 0 Å². The van der Waals surface area contributed by atoms with Crippen molar-refractivity contribution >= 4 is 15.7 Å².